The maximum atomic E-state index is 11.7. The summed E-state index contributed by atoms with van der Waals surface area (Å²) < 4.78 is 0.922. The first-order valence-electron chi connectivity index (χ1n) is 5.37. The van der Waals surface area contributed by atoms with E-state index in [2.05, 4.69) is 26.6 Å². The van der Waals surface area contributed by atoms with Crippen LogP contribution in [0, 0.1) is 0 Å². The van der Waals surface area contributed by atoms with Crippen molar-refractivity contribution in [1.82, 2.24) is 0 Å². The molecule has 6 heteroatoms. The number of urea groups is 1. The predicted octanol–water partition coefficient (Wildman–Crippen LogP) is 4.45. The molecule has 2 aromatic carbocycles. The third kappa shape index (κ3) is 3.62. The van der Waals surface area contributed by atoms with Crippen molar-refractivity contribution >= 4 is 44.9 Å². The van der Waals surface area contributed by atoms with Gasteiger partial charge in [-0.2, -0.15) is 0 Å². The molecule has 0 saturated carbocycles. The summed E-state index contributed by atoms with van der Waals surface area (Å²) in [5, 5.41) is 15.0. The molecule has 0 aliphatic heterocycles. The van der Waals surface area contributed by atoms with Crippen LogP contribution in [0.2, 0.25) is 5.02 Å². The van der Waals surface area contributed by atoms with Gasteiger partial charge in [0.05, 0.1) is 10.7 Å². The Kier molecular flexibility index (Phi) is 4.29. The standard InChI is InChI=1S/C13H10BrClN2O2/c14-8-4-6-9(7-5-8)16-13(19)17-11-3-1-2-10(15)12(11)18/h1-7,18H,(H2,16,17,19). The molecule has 4 nitrogen and oxygen atoms in total. The number of para-hydroxylation sites is 1. The van der Waals surface area contributed by atoms with Gasteiger partial charge in [-0.05, 0) is 36.4 Å². The molecule has 0 bridgehead atoms. The molecule has 0 spiro atoms. The van der Waals surface area contributed by atoms with E-state index in [-0.39, 0.29) is 16.5 Å². The Morgan fingerprint density at radius 2 is 1.79 bits per heavy atom. The Morgan fingerprint density at radius 3 is 2.47 bits per heavy atom. The molecule has 0 fully saturated rings. The number of carbonyl (C=O) groups is 1. The number of nitrogens with one attached hydrogen (secondary N) is 2. The van der Waals surface area contributed by atoms with Crippen LogP contribution in [0.15, 0.2) is 46.9 Å². The topological polar surface area (TPSA) is 61.4 Å². The van der Waals surface area contributed by atoms with Gasteiger partial charge < -0.3 is 15.7 Å². The largest absolute Gasteiger partial charge is 0.504 e. The van der Waals surface area contributed by atoms with Crippen LogP contribution in [-0.2, 0) is 0 Å². The molecule has 0 aromatic heterocycles. The van der Waals surface area contributed by atoms with Crippen molar-refractivity contribution in [2.75, 3.05) is 10.6 Å². The highest BCUT2D eigenvalue weighted by molar-refractivity contribution is 9.10. The zero-order chi connectivity index (χ0) is 13.8. The van der Waals surface area contributed by atoms with Crippen LogP contribution in [0.4, 0.5) is 16.2 Å². The van der Waals surface area contributed by atoms with Crippen LogP contribution >= 0.6 is 27.5 Å². The zero-order valence-corrected chi connectivity index (χ0v) is 12.0. The summed E-state index contributed by atoms with van der Waals surface area (Å²) in [5.41, 5.74) is 0.893. The summed E-state index contributed by atoms with van der Waals surface area (Å²) >= 11 is 9.05. The summed E-state index contributed by atoms with van der Waals surface area (Å²) in [5.74, 6) is -0.157. The van der Waals surface area contributed by atoms with Crippen LogP contribution in [0.25, 0.3) is 0 Å². The van der Waals surface area contributed by atoms with Crippen LogP contribution in [-0.4, -0.2) is 11.1 Å². The van der Waals surface area contributed by atoms with E-state index in [1.165, 1.54) is 6.07 Å². The van der Waals surface area contributed by atoms with Crippen molar-refractivity contribution in [3.63, 3.8) is 0 Å². The maximum absolute atomic E-state index is 11.7. The molecule has 2 rings (SSSR count). The lowest BCUT2D eigenvalue weighted by molar-refractivity contribution is 0.262. The van der Waals surface area contributed by atoms with Gasteiger partial charge in [0, 0.05) is 10.2 Å². The highest BCUT2D eigenvalue weighted by Gasteiger charge is 2.08. The summed E-state index contributed by atoms with van der Waals surface area (Å²) in [6.45, 7) is 0. The van der Waals surface area contributed by atoms with Crippen molar-refractivity contribution in [3.05, 3.63) is 52.0 Å². The van der Waals surface area contributed by atoms with Gasteiger partial charge in [0.2, 0.25) is 0 Å². The van der Waals surface area contributed by atoms with Crippen LogP contribution < -0.4 is 10.6 Å². The van der Waals surface area contributed by atoms with E-state index in [4.69, 9.17) is 11.6 Å². The Balaban J connectivity index is 2.05. The van der Waals surface area contributed by atoms with Gasteiger partial charge in [-0.25, -0.2) is 4.79 Å². The lowest BCUT2D eigenvalue weighted by atomic mass is 10.3. The first-order valence-corrected chi connectivity index (χ1v) is 6.54. The predicted molar refractivity (Wildman–Crippen MR) is 79.9 cm³/mol. The number of carbonyl (C=O) groups excluding carboxylic acids is 1. The molecule has 0 atom stereocenters. The van der Waals surface area contributed by atoms with Gasteiger partial charge in [-0.3, -0.25) is 0 Å². The zero-order valence-electron chi connectivity index (χ0n) is 9.65. The van der Waals surface area contributed by atoms with E-state index >= 15 is 0 Å². The molecule has 0 saturated heterocycles. The van der Waals surface area contributed by atoms with Gasteiger partial charge in [-0.1, -0.05) is 33.6 Å². The van der Waals surface area contributed by atoms with Crippen molar-refractivity contribution < 1.29 is 9.90 Å². The van der Waals surface area contributed by atoms with Crippen molar-refractivity contribution in [1.29, 1.82) is 0 Å². The Morgan fingerprint density at radius 1 is 1.11 bits per heavy atom. The SMILES string of the molecule is O=C(Nc1ccc(Br)cc1)Nc1cccc(Cl)c1O. The number of hydrogen-bond donors (Lipinski definition) is 3. The van der Waals surface area contributed by atoms with Crippen LogP contribution in [0.3, 0.4) is 0 Å². The van der Waals surface area contributed by atoms with E-state index in [1.54, 1.807) is 24.3 Å². The molecule has 0 aliphatic rings. The minimum Gasteiger partial charge on any atom is -0.504 e. The fraction of sp³-hybridized carbons (Fsp3) is 0. The van der Waals surface area contributed by atoms with E-state index in [0.717, 1.165) is 4.47 Å². The minimum atomic E-state index is -0.458. The van der Waals surface area contributed by atoms with Gasteiger partial charge in [0.1, 0.15) is 0 Å². The number of halogens is 2. The second-order valence-corrected chi connectivity index (χ2v) is 5.04. The number of phenolic OH excluding ortho intramolecular Hbond substituents is 1. The molecular formula is C13H10BrClN2O2. The third-order valence-corrected chi connectivity index (χ3v) is 3.17. The van der Waals surface area contributed by atoms with Gasteiger partial charge in [-0.15, -0.1) is 0 Å². The summed E-state index contributed by atoms with van der Waals surface area (Å²) in [6, 6.07) is 11.4. The molecule has 19 heavy (non-hydrogen) atoms. The van der Waals surface area contributed by atoms with Crippen molar-refractivity contribution in [3.8, 4) is 5.75 Å². The van der Waals surface area contributed by atoms with Crippen LogP contribution in [0.5, 0.6) is 5.75 Å². The average molecular weight is 342 g/mol. The second kappa shape index (κ2) is 5.95. The van der Waals surface area contributed by atoms with E-state index in [9.17, 15) is 9.90 Å². The summed E-state index contributed by atoms with van der Waals surface area (Å²) in [7, 11) is 0. The lowest BCUT2D eigenvalue weighted by Crippen LogP contribution is -2.19. The molecular weight excluding hydrogens is 332 g/mol. The molecule has 0 unspecified atom stereocenters. The lowest BCUT2D eigenvalue weighted by Gasteiger charge is -2.09. The molecule has 2 aromatic rings. The smallest absolute Gasteiger partial charge is 0.323 e. The number of benzene rings is 2. The third-order valence-electron chi connectivity index (χ3n) is 2.34. The minimum absolute atomic E-state index is 0.157. The molecule has 2 amide bonds. The quantitative estimate of drug-likeness (QED) is 0.707. The average Bonchev–Trinajstić information content (AvgIpc) is 2.38. The number of phenols is 1. The number of amides is 2. The Hall–Kier alpha value is -1.72. The van der Waals surface area contributed by atoms with E-state index in [1.807, 2.05) is 12.1 Å². The second-order valence-electron chi connectivity index (χ2n) is 3.72. The Bertz CT molecular complexity index is 602. The van der Waals surface area contributed by atoms with Gasteiger partial charge in [0.25, 0.3) is 0 Å². The monoisotopic (exact) mass is 340 g/mol. The molecule has 98 valence electrons. The fourth-order valence-corrected chi connectivity index (χ4v) is 1.87. The van der Waals surface area contributed by atoms with Gasteiger partial charge in [0.15, 0.2) is 5.75 Å². The number of rotatable bonds is 2. The normalized spacial score (nSPS) is 10.0. The van der Waals surface area contributed by atoms with Gasteiger partial charge >= 0.3 is 6.03 Å². The van der Waals surface area contributed by atoms with Crippen molar-refractivity contribution in [2.45, 2.75) is 0 Å². The molecule has 0 aliphatic carbocycles. The molecule has 0 heterocycles. The highest BCUT2D eigenvalue weighted by Crippen LogP contribution is 2.31. The van der Waals surface area contributed by atoms with Crippen molar-refractivity contribution in [2.24, 2.45) is 0 Å². The number of anilines is 2. The molecule has 3 N–H and O–H groups in total. The molecule has 0 radical (unpaired) electrons. The highest BCUT2D eigenvalue weighted by atomic mass is 79.9. The van der Waals surface area contributed by atoms with E-state index in [0.29, 0.717) is 5.69 Å². The first kappa shape index (κ1) is 13.7. The van der Waals surface area contributed by atoms with Crippen LogP contribution in [0.1, 0.15) is 0 Å². The first-order chi connectivity index (χ1) is 9.06. The summed E-state index contributed by atoms with van der Waals surface area (Å²) in [4.78, 5) is 11.7. The number of aromatic hydroxyl groups is 1. The Labute approximate surface area is 123 Å². The number of hydrogen-bond acceptors (Lipinski definition) is 2. The fourth-order valence-electron chi connectivity index (χ4n) is 1.43. The van der Waals surface area contributed by atoms with E-state index < -0.39 is 6.03 Å². The maximum Gasteiger partial charge on any atom is 0.323 e. The summed E-state index contributed by atoms with van der Waals surface area (Å²) in [6.07, 6.45) is 0.